The first-order valence-electron chi connectivity index (χ1n) is 9.67. The topological polar surface area (TPSA) is 63.9 Å². The molecule has 7 heteroatoms. The van der Waals surface area contributed by atoms with Crippen molar-refractivity contribution in [3.8, 4) is 0 Å². The summed E-state index contributed by atoms with van der Waals surface area (Å²) in [7, 11) is 0. The number of rotatable bonds is 3. The molecule has 0 spiro atoms. The summed E-state index contributed by atoms with van der Waals surface area (Å²) in [6, 6.07) is 14.7. The maximum absolute atomic E-state index is 13.1. The molecule has 4 rings (SSSR count). The van der Waals surface area contributed by atoms with E-state index in [1.54, 1.807) is 12.1 Å². The van der Waals surface area contributed by atoms with Crippen molar-refractivity contribution in [2.75, 3.05) is 26.3 Å². The van der Waals surface area contributed by atoms with Crippen LogP contribution < -0.4 is 4.80 Å². The number of nitrogens with zero attached hydrogens (tertiary/aromatic N) is 3. The van der Waals surface area contributed by atoms with E-state index in [2.05, 4.69) is 4.99 Å². The van der Waals surface area contributed by atoms with Crippen LogP contribution in [0.3, 0.4) is 0 Å². The summed E-state index contributed by atoms with van der Waals surface area (Å²) in [5, 5.41) is 0. The fraction of sp³-hybridized carbons (Fsp3) is 0.318. The van der Waals surface area contributed by atoms with Crippen LogP contribution in [0.2, 0.25) is 0 Å². The van der Waals surface area contributed by atoms with Gasteiger partial charge in [0, 0.05) is 18.7 Å². The maximum atomic E-state index is 13.1. The molecule has 1 saturated heterocycles. The third-order valence-electron chi connectivity index (χ3n) is 5.10. The molecule has 0 radical (unpaired) electrons. The van der Waals surface area contributed by atoms with Gasteiger partial charge in [-0.25, -0.2) is 0 Å². The zero-order chi connectivity index (χ0) is 20.4. The van der Waals surface area contributed by atoms with Crippen molar-refractivity contribution in [1.29, 1.82) is 0 Å². The maximum Gasteiger partial charge on any atom is 0.279 e. The lowest BCUT2D eigenvalue weighted by Gasteiger charge is -2.29. The Morgan fingerprint density at radius 3 is 2.48 bits per heavy atom. The Morgan fingerprint density at radius 1 is 1.07 bits per heavy atom. The minimum Gasteiger partial charge on any atom is -0.378 e. The van der Waals surface area contributed by atoms with Crippen molar-refractivity contribution in [3.05, 3.63) is 64.5 Å². The lowest BCUT2D eigenvalue weighted by Crippen LogP contribution is -2.44. The summed E-state index contributed by atoms with van der Waals surface area (Å²) < 4.78 is 8.23. The van der Waals surface area contributed by atoms with Gasteiger partial charge in [-0.05, 0) is 38.1 Å². The summed E-state index contributed by atoms with van der Waals surface area (Å²) in [6.07, 6.45) is 0. The molecule has 1 aliphatic rings. The minimum atomic E-state index is -0.464. The average molecular weight is 410 g/mol. The molecule has 1 aromatic heterocycles. The number of carbonyl (C=O) groups is 2. The van der Waals surface area contributed by atoms with Crippen molar-refractivity contribution in [2.45, 2.75) is 19.9 Å². The highest BCUT2D eigenvalue weighted by molar-refractivity contribution is 7.16. The summed E-state index contributed by atoms with van der Waals surface area (Å²) >= 11 is 1.42. The fourth-order valence-corrected chi connectivity index (χ4v) is 4.55. The standard InChI is InChI=1S/C22H23N3O3S/c1-15-7-9-17(10-8-15)20(26)23-22-25(18-5-3-4-6-19(18)29-22)16(2)21(27)24-11-13-28-14-12-24/h3-10,16H,11-14H2,1-2H3/t16-/m1/s1. The number of carbonyl (C=O) groups excluding carboxylic acids is 2. The summed E-state index contributed by atoms with van der Waals surface area (Å²) in [6.45, 7) is 6.12. The second-order valence-corrected chi connectivity index (χ2v) is 8.13. The number of hydrogen-bond acceptors (Lipinski definition) is 4. The number of aryl methyl sites for hydroxylation is 1. The number of thiazole rings is 1. The number of fused-ring (bicyclic) bond motifs is 1. The van der Waals surface area contributed by atoms with Gasteiger partial charge in [-0.2, -0.15) is 4.99 Å². The smallest absolute Gasteiger partial charge is 0.279 e. The molecular formula is C22H23N3O3S. The van der Waals surface area contributed by atoms with Gasteiger partial charge < -0.3 is 14.2 Å². The lowest BCUT2D eigenvalue weighted by molar-refractivity contribution is -0.138. The van der Waals surface area contributed by atoms with Crippen molar-refractivity contribution in [2.24, 2.45) is 4.99 Å². The molecule has 0 saturated carbocycles. The number of benzene rings is 2. The zero-order valence-electron chi connectivity index (χ0n) is 16.5. The predicted molar refractivity (Wildman–Crippen MR) is 113 cm³/mol. The Morgan fingerprint density at radius 2 is 1.76 bits per heavy atom. The Bertz CT molecular complexity index is 1110. The van der Waals surface area contributed by atoms with Crippen LogP contribution in [0.15, 0.2) is 53.5 Å². The Kier molecular flexibility index (Phi) is 5.60. The van der Waals surface area contributed by atoms with E-state index in [0.717, 1.165) is 15.8 Å². The Hall–Kier alpha value is -2.77. The molecule has 150 valence electrons. The Labute approximate surface area is 173 Å². The molecule has 0 bridgehead atoms. The van der Waals surface area contributed by atoms with Gasteiger partial charge in [0.15, 0.2) is 4.80 Å². The number of hydrogen-bond donors (Lipinski definition) is 0. The van der Waals surface area contributed by atoms with Crippen LogP contribution in [-0.2, 0) is 9.53 Å². The quantitative estimate of drug-likeness (QED) is 0.667. The number of aromatic nitrogens is 1. The first-order chi connectivity index (χ1) is 14.0. The van der Waals surface area contributed by atoms with Gasteiger partial charge in [0.1, 0.15) is 6.04 Å². The average Bonchev–Trinajstić information content (AvgIpc) is 3.11. The molecule has 0 unspecified atom stereocenters. The first-order valence-corrected chi connectivity index (χ1v) is 10.5. The van der Waals surface area contributed by atoms with E-state index in [1.165, 1.54) is 11.3 Å². The molecule has 2 amide bonds. The normalized spacial score (nSPS) is 16.2. The van der Waals surface area contributed by atoms with Gasteiger partial charge in [-0.3, -0.25) is 9.59 Å². The van der Waals surface area contributed by atoms with Crippen LogP contribution in [0.25, 0.3) is 10.2 Å². The number of ether oxygens (including phenoxy) is 1. The highest BCUT2D eigenvalue weighted by Gasteiger charge is 2.26. The van der Waals surface area contributed by atoms with Gasteiger partial charge in [0.05, 0.1) is 23.4 Å². The van der Waals surface area contributed by atoms with Gasteiger partial charge in [0.2, 0.25) is 5.91 Å². The zero-order valence-corrected chi connectivity index (χ0v) is 17.3. The van der Waals surface area contributed by atoms with E-state index in [4.69, 9.17) is 4.74 Å². The molecular weight excluding hydrogens is 386 g/mol. The van der Waals surface area contributed by atoms with Crippen molar-refractivity contribution >= 4 is 33.4 Å². The van der Waals surface area contributed by atoms with Gasteiger partial charge in [0.25, 0.3) is 5.91 Å². The second-order valence-electron chi connectivity index (χ2n) is 7.12. The lowest BCUT2D eigenvalue weighted by atomic mass is 10.1. The van der Waals surface area contributed by atoms with Gasteiger partial charge in [-0.15, -0.1) is 0 Å². The monoisotopic (exact) mass is 409 g/mol. The molecule has 1 aliphatic heterocycles. The van der Waals surface area contributed by atoms with E-state index in [9.17, 15) is 9.59 Å². The third-order valence-corrected chi connectivity index (χ3v) is 6.13. The van der Waals surface area contributed by atoms with Crippen LogP contribution >= 0.6 is 11.3 Å². The van der Waals surface area contributed by atoms with Crippen molar-refractivity contribution in [3.63, 3.8) is 0 Å². The summed E-state index contributed by atoms with van der Waals surface area (Å²) in [5.74, 6) is -0.294. The van der Waals surface area contributed by atoms with Crippen LogP contribution in [0.4, 0.5) is 0 Å². The molecule has 6 nitrogen and oxygen atoms in total. The number of para-hydroxylation sites is 1. The predicted octanol–water partition coefficient (Wildman–Crippen LogP) is 3.17. The molecule has 0 aliphatic carbocycles. The van der Waals surface area contributed by atoms with Crippen molar-refractivity contribution in [1.82, 2.24) is 9.47 Å². The van der Waals surface area contributed by atoms with Crippen molar-refractivity contribution < 1.29 is 14.3 Å². The highest BCUT2D eigenvalue weighted by Crippen LogP contribution is 2.22. The molecule has 2 aromatic carbocycles. The first kappa shape index (κ1) is 19.5. The highest BCUT2D eigenvalue weighted by atomic mass is 32.1. The molecule has 2 heterocycles. The van der Waals surface area contributed by atoms with E-state index in [-0.39, 0.29) is 11.8 Å². The van der Waals surface area contributed by atoms with E-state index in [0.29, 0.717) is 36.7 Å². The fourth-order valence-electron chi connectivity index (χ4n) is 3.45. The SMILES string of the molecule is Cc1ccc(C(=O)N=c2sc3ccccc3n2[C@H](C)C(=O)N2CCOCC2)cc1. The molecule has 1 atom stereocenters. The van der Waals surface area contributed by atoms with Gasteiger partial charge >= 0.3 is 0 Å². The molecule has 1 fully saturated rings. The third kappa shape index (κ3) is 4.02. The second kappa shape index (κ2) is 8.31. The molecule has 0 N–H and O–H groups in total. The Balaban J connectivity index is 1.77. The molecule has 3 aromatic rings. The van der Waals surface area contributed by atoms with Crippen LogP contribution in [0, 0.1) is 6.92 Å². The molecule has 29 heavy (non-hydrogen) atoms. The van der Waals surface area contributed by atoms with Crippen LogP contribution in [0.5, 0.6) is 0 Å². The number of amides is 2. The summed E-state index contributed by atoms with van der Waals surface area (Å²) in [5.41, 5.74) is 2.53. The van der Waals surface area contributed by atoms with Crippen LogP contribution in [-0.4, -0.2) is 47.6 Å². The van der Waals surface area contributed by atoms with E-state index < -0.39 is 6.04 Å². The minimum absolute atomic E-state index is 0.0149. The van der Waals surface area contributed by atoms with E-state index >= 15 is 0 Å². The number of morpholine rings is 1. The summed E-state index contributed by atoms with van der Waals surface area (Å²) in [4.78, 5) is 32.6. The van der Waals surface area contributed by atoms with E-state index in [1.807, 2.05) is 59.7 Å². The van der Waals surface area contributed by atoms with Crippen LogP contribution in [0.1, 0.15) is 28.9 Å². The van der Waals surface area contributed by atoms with Gasteiger partial charge in [-0.1, -0.05) is 41.2 Å². The largest absolute Gasteiger partial charge is 0.378 e.